The van der Waals surface area contributed by atoms with Crippen LogP contribution in [0.3, 0.4) is 0 Å². The van der Waals surface area contributed by atoms with Gasteiger partial charge in [0.25, 0.3) is 0 Å². The lowest BCUT2D eigenvalue weighted by Crippen LogP contribution is -2.30. The molecule has 0 bridgehead atoms. The van der Waals surface area contributed by atoms with E-state index in [0.29, 0.717) is 0 Å². The Hall–Kier alpha value is -6.44. The van der Waals surface area contributed by atoms with E-state index in [9.17, 15) is 0 Å². The molecule has 0 aromatic heterocycles. The Balaban J connectivity index is 1.23. The van der Waals surface area contributed by atoms with Gasteiger partial charge in [-0.2, -0.15) is 0 Å². The van der Waals surface area contributed by atoms with Crippen LogP contribution < -0.4 is 4.90 Å². The fourth-order valence-corrected chi connectivity index (χ4v) is 12.1. The largest absolute Gasteiger partial charge is 0.310 e. The van der Waals surface area contributed by atoms with E-state index in [-0.39, 0.29) is 21.7 Å². The molecule has 316 valence electrons. The second-order valence-electron chi connectivity index (χ2n) is 21.8. The van der Waals surface area contributed by atoms with Crippen molar-refractivity contribution in [2.75, 3.05) is 4.90 Å². The van der Waals surface area contributed by atoms with Crippen molar-refractivity contribution in [2.45, 2.75) is 96.3 Å². The minimum Gasteiger partial charge on any atom is -0.310 e. The molecular weight excluding hydrogens is 771 g/mol. The van der Waals surface area contributed by atoms with Crippen LogP contribution in [0.4, 0.5) is 17.1 Å². The number of hydrogen-bond acceptors (Lipinski definition) is 1. The van der Waals surface area contributed by atoms with E-state index in [1.807, 2.05) is 0 Å². The third-order valence-electron chi connectivity index (χ3n) is 15.2. The smallest absolute Gasteiger partial charge is 0.0733 e. The van der Waals surface area contributed by atoms with Gasteiger partial charge in [0, 0.05) is 22.2 Å². The monoisotopic (exact) mass is 829 g/mol. The van der Waals surface area contributed by atoms with Crippen molar-refractivity contribution >= 4 is 17.1 Å². The fourth-order valence-electron chi connectivity index (χ4n) is 12.1. The molecule has 0 heterocycles. The molecule has 0 unspecified atom stereocenters. The SMILES string of the molecule is CC(C)(C)c1cc2c(c(C(C)(C)C)c1)C(C)(C)c1ccc(N(c3ccc4c(c3)C(C)(C)c3ccccc3-4)c3ccccc3C3(c4ccccc4)c4ccccc4-c4ccccc43)cc1-2. The molecule has 0 atom stereocenters. The van der Waals surface area contributed by atoms with Crippen molar-refractivity contribution in [2.24, 2.45) is 0 Å². The van der Waals surface area contributed by atoms with Gasteiger partial charge in [0.2, 0.25) is 0 Å². The molecule has 0 spiro atoms. The summed E-state index contributed by atoms with van der Waals surface area (Å²) in [6, 6.07) is 67.4. The predicted octanol–water partition coefficient (Wildman–Crippen LogP) is 16.7. The molecule has 0 saturated heterocycles. The maximum Gasteiger partial charge on any atom is 0.0733 e. The lowest BCUT2D eigenvalue weighted by atomic mass is 9.67. The second-order valence-corrected chi connectivity index (χ2v) is 21.8. The lowest BCUT2D eigenvalue weighted by Gasteiger charge is -2.38. The summed E-state index contributed by atoms with van der Waals surface area (Å²) >= 11 is 0. The summed E-state index contributed by atoms with van der Waals surface area (Å²) in [7, 11) is 0. The average molecular weight is 830 g/mol. The van der Waals surface area contributed by atoms with Gasteiger partial charge in [-0.1, -0.05) is 215 Å². The highest BCUT2D eigenvalue weighted by Crippen LogP contribution is 2.60. The van der Waals surface area contributed by atoms with Crippen LogP contribution in [0.5, 0.6) is 0 Å². The summed E-state index contributed by atoms with van der Waals surface area (Å²) in [5.74, 6) is 0. The van der Waals surface area contributed by atoms with Gasteiger partial charge in [0.15, 0.2) is 0 Å². The van der Waals surface area contributed by atoms with E-state index in [4.69, 9.17) is 0 Å². The number of nitrogens with zero attached hydrogens (tertiary/aromatic N) is 1. The molecule has 0 fully saturated rings. The summed E-state index contributed by atoms with van der Waals surface area (Å²) in [4.78, 5) is 2.59. The van der Waals surface area contributed by atoms with Gasteiger partial charge in [-0.3, -0.25) is 0 Å². The number of fused-ring (bicyclic) bond motifs is 9. The normalized spacial score (nSPS) is 15.7. The van der Waals surface area contributed by atoms with E-state index in [1.165, 1.54) is 94.7 Å². The third-order valence-corrected chi connectivity index (χ3v) is 15.2. The molecular formula is C63H59N. The fraction of sp³-hybridized carbons (Fsp3) is 0.238. The van der Waals surface area contributed by atoms with Gasteiger partial charge < -0.3 is 4.90 Å². The first kappa shape index (κ1) is 40.3. The van der Waals surface area contributed by atoms with E-state index >= 15 is 0 Å². The molecule has 8 aromatic carbocycles. The van der Waals surface area contributed by atoms with Crippen molar-refractivity contribution in [1.82, 2.24) is 0 Å². The molecule has 0 radical (unpaired) electrons. The Morgan fingerprint density at radius 2 is 0.859 bits per heavy atom. The highest BCUT2D eigenvalue weighted by Gasteiger charge is 2.48. The van der Waals surface area contributed by atoms with Crippen molar-refractivity contribution in [1.29, 1.82) is 0 Å². The van der Waals surface area contributed by atoms with Gasteiger partial charge >= 0.3 is 0 Å². The van der Waals surface area contributed by atoms with Crippen LogP contribution in [-0.4, -0.2) is 0 Å². The quantitative estimate of drug-likeness (QED) is 0.167. The Bertz CT molecular complexity index is 3130. The topological polar surface area (TPSA) is 3.24 Å². The van der Waals surface area contributed by atoms with Gasteiger partial charge in [-0.25, -0.2) is 0 Å². The zero-order valence-electron chi connectivity index (χ0n) is 39.2. The molecule has 8 aromatic rings. The minimum absolute atomic E-state index is 0.00106. The predicted molar refractivity (Wildman–Crippen MR) is 271 cm³/mol. The van der Waals surface area contributed by atoms with E-state index in [2.05, 4.69) is 250 Å². The first-order valence-electron chi connectivity index (χ1n) is 23.3. The van der Waals surface area contributed by atoms with Crippen molar-refractivity contribution < 1.29 is 0 Å². The molecule has 3 aliphatic rings. The van der Waals surface area contributed by atoms with Gasteiger partial charge in [0.1, 0.15) is 0 Å². The highest BCUT2D eigenvalue weighted by molar-refractivity contribution is 5.93. The first-order valence-corrected chi connectivity index (χ1v) is 23.3. The summed E-state index contributed by atoms with van der Waals surface area (Å²) in [6.07, 6.45) is 0. The highest BCUT2D eigenvalue weighted by atomic mass is 15.1. The Morgan fingerprint density at radius 3 is 1.48 bits per heavy atom. The summed E-state index contributed by atoms with van der Waals surface area (Å²) in [5, 5.41) is 0. The zero-order chi connectivity index (χ0) is 44.6. The summed E-state index contributed by atoms with van der Waals surface area (Å²) in [6.45, 7) is 23.9. The Morgan fingerprint density at radius 1 is 0.359 bits per heavy atom. The Kier molecular flexibility index (Phi) is 8.69. The van der Waals surface area contributed by atoms with Crippen LogP contribution in [0.1, 0.15) is 125 Å². The molecule has 1 heteroatoms. The van der Waals surface area contributed by atoms with E-state index in [0.717, 1.165) is 11.4 Å². The second kappa shape index (κ2) is 13.8. The Labute approximate surface area is 381 Å². The number of para-hydroxylation sites is 1. The zero-order valence-corrected chi connectivity index (χ0v) is 39.2. The summed E-state index contributed by atoms with van der Waals surface area (Å²) < 4.78 is 0. The number of benzene rings is 8. The number of rotatable bonds is 5. The number of anilines is 3. The van der Waals surface area contributed by atoms with E-state index < -0.39 is 5.41 Å². The minimum atomic E-state index is -0.579. The maximum absolute atomic E-state index is 2.59. The first-order chi connectivity index (χ1) is 30.5. The van der Waals surface area contributed by atoms with Crippen molar-refractivity contribution in [3.63, 3.8) is 0 Å². The molecule has 0 aliphatic heterocycles. The van der Waals surface area contributed by atoms with Crippen LogP contribution in [0.25, 0.3) is 33.4 Å². The molecule has 11 rings (SSSR count). The van der Waals surface area contributed by atoms with Crippen molar-refractivity contribution in [3.05, 3.63) is 232 Å². The van der Waals surface area contributed by atoms with Gasteiger partial charge in [-0.15, -0.1) is 0 Å². The maximum atomic E-state index is 2.59. The molecule has 0 saturated carbocycles. The summed E-state index contributed by atoms with van der Waals surface area (Å²) in [5.41, 5.74) is 24.1. The standard InChI is InChI=1S/C63H59N/c1-59(2,3)41-36-49-48-38-42(33-35-51(48)62(9,10)58(49)56(37-41)60(4,5)6)64(43-32-34-47-44-24-14-17-27-50(44)61(7,8)55(47)39-43)57-31-21-20-30-54(57)63(40-22-12-11-13-23-40)52-28-18-15-25-45(52)46-26-16-19-29-53(46)63/h11-39H,1-10H3. The van der Waals surface area contributed by atoms with Crippen LogP contribution in [0.15, 0.2) is 176 Å². The van der Waals surface area contributed by atoms with Crippen LogP contribution >= 0.6 is 0 Å². The molecule has 1 nitrogen and oxygen atoms in total. The van der Waals surface area contributed by atoms with Crippen LogP contribution in [0, 0.1) is 0 Å². The van der Waals surface area contributed by atoms with Gasteiger partial charge in [-0.05, 0) is 130 Å². The molecule has 0 amide bonds. The van der Waals surface area contributed by atoms with Crippen LogP contribution in [-0.2, 0) is 27.1 Å². The van der Waals surface area contributed by atoms with Crippen molar-refractivity contribution in [3.8, 4) is 33.4 Å². The molecule has 0 N–H and O–H groups in total. The molecule has 3 aliphatic carbocycles. The van der Waals surface area contributed by atoms with Gasteiger partial charge in [0.05, 0.1) is 11.1 Å². The third kappa shape index (κ3) is 5.62. The number of hydrogen-bond donors (Lipinski definition) is 0. The lowest BCUT2D eigenvalue weighted by molar-refractivity contribution is 0.545. The van der Waals surface area contributed by atoms with Crippen LogP contribution in [0.2, 0.25) is 0 Å². The van der Waals surface area contributed by atoms with E-state index in [1.54, 1.807) is 0 Å². The molecule has 64 heavy (non-hydrogen) atoms. The average Bonchev–Trinajstić information content (AvgIpc) is 3.81.